The third-order valence-electron chi connectivity index (χ3n) is 4.14. The molecule has 4 aromatic rings. The lowest BCUT2D eigenvalue weighted by molar-refractivity contribution is -0.385. The molecule has 7 nitrogen and oxygen atoms in total. The fraction of sp³-hybridized carbons (Fsp3) is 0. The second-order valence-electron chi connectivity index (χ2n) is 5.97. The Morgan fingerprint density at radius 2 is 1.71 bits per heavy atom. The Balaban J connectivity index is 1.71. The molecule has 136 valence electrons. The standard InChI is InChI=1S/C21H13N3O4/c25-13-14-5-8-16(9-6-14)28-21-10-7-15(11-20(21)24(26)27)19-12-22-17-3-1-2-4-18(17)23-19/h1-13H. The van der Waals surface area contributed by atoms with E-state index in [1.807, 2.05) is 24.3 Å². The Labute approximate surface area is 159 Å². The summed E-state index contributed by atoms with van der Waals surface area (Å²) in [6.07, 6.45) is 2.30. The third-order valence-corrected chi connectivity index (χ3v) is 4.14. The van der Waals surface area contributed by atoms with Gasteiger partial charge in [-0.15, -0.1) is 0 Å². The van der Waals surface area contributed by atoms with E-state index in [1.54, 1.807) is 36.5 Å². The van der Waals surface area contributed by atoms with Crippen LogP contribution in [0.1, 0.15) is 10.4 Å². The number of aldehydes is 1. The molecule has 4 rings (SSSR count). The molecule has 7 heteroatoms. The molecular weight excluding hydrogens is 358 g/mol. The number of carbonyl (C=O) groups is 1. The molecule has 0 saturated carbocycles. The van der Waals surface area contributed by atoms with E-state index >= 15 is 0 Å². The van der Waals surface area contributed by atoms with E-state index in [1.165, 1.54) is 12.1 Å². The van der Waals surface area contributed by atoms with Crippen molar-refractivity contribution in [2.24, 2.45) is 0 Å². The molecule has 3 aromatic carbocycles. The summed E-state index contributed by atoms with van der Waals surface area (Å²) < 4.78 is 5.64. The van der Waals surface area contributed by atoms with Gasteiger partial charge in [-0.25, -0.2) is 4.98 Å². The first-order valence-corrected chi connectivity index (χ1v) is 8.38. The first-order chi connectivity index (χ1) is 13.6. The Hall–Kier alpha value is -4.13. The monoisotopic (exact) mass is 371 g/mol. The summed E-state index contributed by atoms with van der Waals surface area (Å²) >= 11 is 0. The molecule has 28 heavy (non-hydrogen) atoms. The first kappa shape index (κ1) is 17.3. The number of aromatic nitrogens is 2. The molecule has 0 aliphatic heterocycles. The summed E-state index contributed by atoms with van der Waals surface area (Å²) in [5.41, 5.74) is 2.86. The molecule has 0 bridgehead atoms. The predicted molar refractivity (Wildman–Crippen MR) is 104 cm³/mol. The van der Waals surface area contributed by atoms with Crippen molar-refractivity contribution in [2.45, 2.75) is 0 Å². The van der Waals surface area contributed by atoms with Crippen molar-refractivity contribution < 1.29 is 14.5 Å². The summed E-state index contributed by atoms with van der Waals surface area (Å²) in [7, 11) is 0. The normalized spacial score (nSPS) is 10.6. The third kappa shape index (κ3) is 3.41. The van der Waals surface area contributed by atoms with Crippen LogP contribution < -0.4 is 4.74 Å². The molecule has 0 aliphatic carbocycles. The lowest BCUT2D eigenvalue weighted by atomic mass is 10.1. The van der Waals surface area contributed by atoms with E-state index in [0.29, 0.717) is 34.4 Å². The molecular formula is C21H13N3O4. The first-order valence-electron chi connectivity index (χ1n) is 8.38. The fourth-order valence-electron chi connectivity index (χ4n) is 2.74. The van der Waals surface area contributed by atoms with E-state index in [2.05, 4.69) is 9.97 Å². The summed E-state index contributed by atoms with van der Waals surface area (Å²) in [5.74, 6) is 0.494. The number of carbonyl (C=O) groups excluding carboxylic acids is 1. The van der Waals surface area contributed by atoms with Gasteiger partial charge in [0.25, 0.3) is 0 Å². The highest BCUT2D eigenvalue weighted by Gasteiger charge is 2.18. The second-order valence-corrected chi connectivity index (χ2v) is 5.97. The number of fused-ring (bicyclic) bond motifs is 1. The van der Waals surface area contributed by atoms with Gasteiger partial charge in [0, 0.05) is 17.2 Å². The van der Waals surface area contributed by atoms with Crippen LogP contribution in [0.4, 0.5) is 5.69 Å². The highest BCUT2D eigenvalue weighted by Crippen LogP contribution is 2.35. The van der Waals surface area contributed by atoms with Crippen molar-refractivity contribution in [3.63, 3.8) is 0 Å². The summed E-state index contributed by atoms with van der Waals surface area (Å²) in [6, 6.07) is 18.4. The van der Waals surface area contributed by atoms with E-state index in [0.717, 1.165) is 5.52 Å². The highest BCUT2D eigenvalue weighted by molar-refractivity contribution is 5.78. The van der Waals surface area contributed by atoms with Crippen molar-refractivity contribution in [3.8, 4) is 22.8 Å². The highest BCUT2D eigenvalue weighted by atomic mass is 16.6. The lowest BCUT2D eigenvalue weighted by Gasteiger charge is -2.08. The van der Waals surface area contributed by atoms with E-state index < -0.39 is 4.92 Å². The molecule has 0 fully saturated rings. The van der Waals surface area contributed by atoms with E-state index in [4.69, 9.17) is 4.74 Å². The Bertz CT molecular complexity index is 1190. The second kappa shape index (κ2) is 7.24. The van der Waals surface area contributed by atoms with Crippen LogP contribution in [-0.2, 0) is 0 Å². The summed E-state index contributed by atoms with van der Waals surface area (Å²) in [4.78, 5) is 30.6. The number of ether oxygens (including phenoxy) is 1. The molecule has 0 atom stereocenters. The maximum Gasteiger partial charge on any atom is 0.312 e. The topological polar surface area (TPSA) is 95.2 Å². The Morgan fingerprint density at radius 1 is 0.964 bits per heavy atom. The zero-order valence-corrected chi connectivity index (χ0v) is 14.5. The zero-order valence-electron chi connectivity index (χ0n) is 14.5. The maximum atomic E-state index is 11.6. The van der Waals surface area contributed by atoms with Gasteiger partial charge < -0.3 is 4.74 Å². The smallest absolute Gasteiger partial charge is 0.312 e. The van der Waals surface area contributed by atoms with Gasteiger partial charge in [-0.2, -0.15) is 0 Å². The Kier molecular flexibility index (Phi) is 4.47. The average molecular weight is 371 g/mol. The van der Waals surface area contributed by atoms with Crippen LogP contribution in [0.25, 0.3) is 22.3 Å². The van der Waals surface area contributed by atoms with Crippen molar-refractivity contribution in [1.82, 2.24) is 9.97 Å². The molecule has 0 radical (unpaired) electrons. The molecule has 0 saturated heterocycles. The van der Waals surface area contributed by atoms with Crippen LogP contribution in [0.5, 0.6) is 11.5 Å². The van der Waals surface area contributed by atoms with Gasteiger partial charge in [0.05, 0.1) is 27.8 Å². The Morgan fingerprint density at radius 3 is 2.43 bits per heavy atom. The van der Waals surface area contributed by atoms with Crippen molar-refractivity contribution in [2.75, 3.05) is 0 Å². The molecule has 0 aliphatic rings. The predicted octanol–water partition coefficient (Wildman–Crippen LogP) is 4.81. The van der Waals surface area contributed by atoms with Crippen LogP contribution in [-0.4, -0.2) is 21.2 Å². The van der Waals surface area contributed by atoms with Gasteiger partial charge in [-0.05, 0) is 48.5 Å². The summed E-state index contributed by atoms with van der Waals surface area (Å²) in [5, 5.41) is 11.6. The average Bonchev–Trinajstić information content (AvgIpc) is 2.74. The minimum absolute atomic E-state index is 0.0985. The van der Waals surface area contributed by atoms with Gasteiger partial charge in [-0.3, -0.25) is 19.9 Å². The summed E-state index contributed by atoms with van der Waals surface area (Å²) in [6.45, 7) is 0. The number of nitro benzene ring substituents is 1. The van der Waals surface area contributed by atoms with Crippen LogP contribution >= 0.6 is 0 Å². The molecule has 0 amide bonds. The molecule has 0 spiro atoms. The molecule has 0 N–H and O–H groups in total. The molecule has 0 unspecified atom stereocenters. The maximum absolute atomic E-state index is 11.6. The largest absolute Gasteiger partial charge is 0.450 e. The number of nitrogens with zero attached hydrogens (tertiary/aromatic N) is 3. The minimum atomic E-state index is -0.507. The molecule has 1 aromatic heterocycles. The lowest BCUT2D eigenvalue weighted by Crippen LogP contribution is -1.95. The molecule has 1 heterocycles. The van der Waals surface area contributed by atoms with E-state index in [-0.39, 0.29) is 11.4 Å². The van der Waals surface area contributed by atoms with Gasteiger partial charge in [0.1, 0.15) is 12.0 Å². The van der Waals surface area contributed by atoms with Gasteiger partial charge in [0.15, 0.2) is 0 Å². The fourth-order valence-corrected chi connectivity index (χ4v) is 2.74. The van der Waals surface area contributed by atoms with Gasteiger partial charge in [-0.1, -0.05) is 12.1 Å². The van der Waals surface area contributed by atoms with Crippen LogP contribution in [0.3, 0.4) is 0 Å². The number of benzene rings is 3. The van der Waals surface area contributed by atoms with Crippen LogP contribution in [0.2, 0.25) is 0 Å². The number of hydrogen-bond acceptors (Lipinski definition) is 6. The zero-order chi connectivity index (χ0) is 19.5. The SMILES string of the molecule is O=Cc1ccc(Oc2ccc(-c3cnc4ccccc4n3)cc2[N+](=O)[O-])cc1. The van der Waals surface area contributed by atoms with Crippen molar-refractivity contribution >= 4 is 23.0 Å². The van der Waals surface area contributed by atoms with Crippen molar-refractivity contribution in [1.29, 1.82) is 0 Å². The van der Waals surface area contributed by atoms with Gasteiger partial charge >= 0.3 is 5.69 Å². The number of para-hydroxylation sites is 2. The van der Waals surface area contributed by atoms with Crippen LogP contribution in [0, 0.1) is 10.1 Å². The quantitative estimate of drug-likeness (QED) is 0.284. The number of nitro groups is 1. The van der Waals surface area contributed by atoms with Crippen molar-refractivity contribution in [3.05, 3.63) is 88.6 Å². The number of hydrogen-bond donors (Lipinski definition) is 0. The van der Waals surface area contributed by atoms with E-state index in [9.17, 15) is 14.9 Å². The minimum Gasteiger partial charge on any atom is -0.450 e. The number of rotatable bonds is 5. The van der Waals surface area contributed by atoms with Gasteiger partial charge in [0.2, 0.25) is 5.75 Å². The van der Waals surface area contributed by atoms with Crippen LogP contribution in [0.15, 0.2) is 72.9 Å².